The molecular formula is C15H22N2O4S. The molecule has 22 heavy (non-hydrogen) atoms. The SMILES string of the molecule is CN(Cc1ccc([N+](=O)[O-])cc1)[C@H]1CCCC[C@@H]1S(C)(=O)=O. The molecule has 0 aromatic heterocycles. The maximum Gasteiger partial charge on any atom is 0.269 e. The van der Waals surface area contributed by atoms with Crippen LogP contribution in [0.4, 0.5) is 5.69 Å². The zero-order valence-corrected chi connectivity index (χ0v) is 13.8. The van der Waals surface area contributed by atoms with Crippen LogP contribution in [0.3, 0.4) is 0 Å². The Morgan fingerprint density at radius 1 is 1.23 bits per heavy atom. The van der Waals surface area contributed by atoms with E-state index in [2.05, 4.69) is 4.90 Å². The number of nitrogens with zero attached hydrogens (tertiary/aromatic N) is 2. The van der Waals surface area contributed by atoms with E-state index in [1.54, 1.807) is 12.1 Å². The Kier molecular flexibility index (Phi) is 5.18. The number of non-ortho nitro benzene ring substituents is 1. The highest BCUT2D eigenvalue weighted by Crippen LogP contribution is 2.28. The van der Waals surface area contributed by atoms with E-state index in [0.717, 1.165) is 24.8 Å². The van der Waals surface area contributed by atoms with Gasteiger partial charge in [-0.2, -0.15) is 0 Å². The fraction of sp³-hybridized carbons (Fsp3) is 0.600. The molecule has 0 radical (unpaired) electrons. The van der Waals surface area contributed by atoms with Crippen molar-refractivity contribution in [1.82, 2.24) is 4.90 Å². The van der Waals surface area contributed by atoms with Gasteiger partial charge in [-0.05, 0) is 25.5 Å². The van der Waals surface area contributed by atoms with Crippen LogP contribution < -0.4 is 0 Å². The van der Waals surface area contributed by atoms with Gasteiger partial charge in [0.25, 0.3) is 5.69 Å². The van der Waals surface area contributed by atoms with Crippen molar-refractivity contribution in [3.8, 4) is 0 Å². The van der Waals surface area contributed by atoms with Crippen LogP contribution in [0.25, 0.3) is 0 Å². The van der Waals surface area contributed by atoms with Crippen molar-refractivity contribution >= 4 is 15.5 Å². The van der Waals surface area contributed by atoms with Crippen molar-refractivity contribution in [2.24, 2.45) is 0 Å². The minimum absolute atomic E-state index is 0.0129. The Morgan fingerprint density at radius 3 is 2.36 bits per heavy atom. The van der Waals surface area contributed by atoms with Crippen LogP contribution >= 0.6 is 0 Å². The number of hydrogen-bond acceptors (Lipinski definition) is 5. The average molecular weight is 326 g/mol. The predicted molar refractivity (Wildman–Crippen MR) is 85.5 cm³/mol. The Hall–Kier alpha value is -1.47. The molecule has 1 aliphatic carbocycles. The summed E-state index contributed by atoms with van der Waals surface area (Å²) >= 11 is 0. The van der Waals surface area contributed by atoms with Crippen LogP contribution in [0, 0.1) is 10.1 Å². The summed E-state index contributed by atoms with van der Waals surface area (Å²) in [6, 6.07) is 6.44. The van der Waals surface area contributed by atoms with E-state index in [1.165, 1.54) is 18.4 Å². The molecule has 1 aromatic rings. The third-order valence-electron chi connectivity index (χ3n) is 4.36. The second-order valence-corrected chi connectivity index (χ2v) is 8.32. The highest BCUT2D eigenvalue weighted by atomic mass is 32.2. The van der Waals surface area contributed by atoms with E-state index in [4.69, 9.17) is 0 Å². The minimum Gasteiger partial charge on any atom is -0.298 e. The number of sulfone groups is 1. The van der Waals surface area contributed by atoms with Gasteiger partial charge in [0.15, 0.2) is 9.84 Å². The second kappa shape index (κ2) is 6.75. The molecule has 1 saturated carbocycles. The molecule has 1 aromatic carbocycles. The third-order valence-corrected chi connectivity index (χ3v) is 6.01. The zero-order chi connectivity index (χ0) is 16.3. The molecule has 0 amide bonds. The van der Waals surface area contributed by atoms with Gasteiger partial charge in [-0.3, -0.25) is 15.0 Å². The number of nitro benzene ring substituents is 1. The summed E-state index contributed by atoms with van der Waals surface area (Å²) in [6.45, 7) is 0.592. The van der Waals surface area contributed by atoms with Gasteiger partial charge in [-0.1, -0.05) is 25.0 Å². The predicted octanol–water partition coefficient (Wildman–Crippen LogP) is 2.38. The monoisotopic (exact) mass is 326 g/mol. The first kappa shape index (κ1) is 16.9. The van der Waals surface area contributed by atoms with Crippen molar-refractivity contribution < 1.29 is 13.3 Å². The summed E-state index contributed by atoms with van der Waals surface area (Å²) in [5.74, 6) is 0. The quantitative estimate of drug-likeness (QED) is 0.613. The molecule has 0 N–H and O–H groups in total. The standard InChI is InChI=1S/C15H22N2O4S/c1-16(11-12-7-9-13(10-8-12)17(18)19)14-5-3-4-6-15(14)22(2,20)21/h7-10,14-15H,3-6,11H2,1-2H3/t14-,15-/m0/s1. The highest BCUT2D eigenvalue weighted by molar-refractivity contribution is 7.91. The van der Waals surface area contributed by atoms with Crippen molar-refractivity contribution in [3.05, 3.63) is 39.9 Å². The molecule has 0 unspecified atom stereocenters. The minimum atomic E-state index is -3.06. The van der Waals surface area contributed by atoms with Gasteiger partial charge in [0.2, 0.25) is 0 Å². The summed E-state index contributed by atoms with van der Waals surface area (Å²) in [4.78, 5) is 12.3. The number of nitro groups is 1. The molecule has 2 atom stereocenters. The van der Waals surface area contributed by atoms with Crippen molar-refractivity contribution in [2.45, 2.75) is 43.5 Å². The van der Waals surface area contributed by atoms with E-state index < -0.39 is 14.8 Å². The van der Waals surface area contributed by atoms with Gasteiger partial charge in [0.05, 0.1) is 10.2 Å². The summed E-state index contributed by atoms with van der Waals surface area (Å²) < 4.78 is 23.9. The van der Waals surface area contributed by atoms with E-state index in [0.29, 0.717) is 13.0 Å². The first-order valence-electron chi connectivity index (χ1n) is 7.41. The molecule has 6 nitrogen and oxygen atoms in total. The molecule has 0 aliphatic heterocycles. The molecule has 1 aliphatic rings. The summed E-state index contributed by atoms with van der Waals surface area (Å²) in [7, 11) is -1.14. The first-order valence-corrected chi connectivity index (χ1v) is 9.37. The van der Waals surface area contributed by atoms with Gasteiger partial charge < -0.3 is 0 Å². The lowest BCUT2D eigenvalue weighted by atomic mass is 9.93. The lowest BCUT2D eigenvalue weighted by Crippen LogP contribution is -2.46. The first-order chi connectivity index (χ1) is 10.3. The van der Waals surface area contributed by atoms with Crippen LogP contribution in [0.1, 0.15) is 31.2 Å². The lowest BCUT2D eigenvalue weighted by Gasteiger charge is -2.37. The molecule has 122 valence electrons. The molecule has 1 fully saturated rings. The van der Waals surface area contributed by atoms with Crippen molar-refractivity contribution in [1.29, 1.82) is 0 Å². The van der Waals surface area contributed by atoms with Crippen LogP contribution in [0.2, 0.25) is 0 Å². The Balaban J connectivity index is 2.09. The van der Waals surface area contributed by atoms with Crippen molar-refractivity contribution in [2.75, 3.05) is 13.3 Å². The topological polar surface area (TPSA) is 80.5 Å². The second-order valence-electron chi connectivity index (χ2n) is 6.06. The number of hydrogen-bond donors (Lipinski definition) is 0. The van der Waals surface area contributed by atoms with E-state index >= 15 is 0 Å². The Labute approximate surface area is 131 Å². The highest BCUT2D eigenvalue weighted by Gasteiger charge is 2.35. The molecular weight excluding hydrogens is 304 g/mol. The Morgan fingerprint density at radius 2 is 1.82 bits per heavy atom. The van der Waals surface area contributed by atoms with Gasteiger partial charge in [-0.25, -0.2) is 8.42 Å². The Bertz CT molecular complexity index is 627. The smallest absolute Gasteiger partial charge is 0.269 e. The lowest BCUT2D eigenvalue weighted by molar-refractivity contribution is -0.384. The molecule has 7 heteroatoms. The van der Waals surface area contributed by atoms with E-state index in [9.17, 15) is 18.5 Å². The number of rotatable bonds is 5. The molecule has 0 spiro atoms. The molecule has 0 heterocycles. The average Bonchev–Trinajstić information content (AvgIpc) is 2.47. The van der Waals surface area contributed by atoms with Crippen molar-refractivity contribution in [3.63, 3.8) is 0 Å². The molecule has 0 bridgehead atoms. The van der Waals surface area contributed by atoms with Gasteiger partial charge in [0.1, 0.15) is 0 Å². The maximum absolute atomic E-state index is 12.0. The van der Waals surface area contributed by atoms with Gasteiger partial charge in [-0.15, -0.1) is 0 Å². The summed E-state index contributed by atoms with van der Waals surface area (Å²) in [6.07, 6.45) is 4.91. The maximum atomic E-state index is 12.0. The third kappa shape index (κ3) is 4.04. The van der Waals surface area contributed by atoms with Crippen LogP contribution in [-0.4, -0.2) is 42.8 Å². The fourth-order valence-corrected chi connectivity index (χ4v) is 4.72. The van der Waals surface area contributed by atoms with E-state index in [1.807, 2.05) is 7.05 Å². The van der Waals surface area contributed by atoms with Crippen LogP contribution in [0.15, 0.2) is 24.3 Å². The number of benzene rings is 1. The fourth-order valence-electron chi connectivity index (χ4n) is 3.21. The largest absolute Gasteiger partial charge is 0.298 e. The van der Waals surface area contributed by atoms with Gasteiger partial charge >= 0.3 is 0 Å². The van der Waals surface area contributed by atoms with E-state index in [-0.39, 0.29) is 17.0 Å². The zero-order valence-electron chi connectivity index (χ0n) is 12.9. The normalized spacial score (nSPS) is 22.7. The summed E-state index contributed by atoms with van der Waals surface area (Å²) in [5, 5.41) is 10.3. The van der Waals surface area contributed by atoms with Crippen LogP contribution in [-0.2, 0) is 16.4 Å². The molecule has 2 rings (SSSR count). The van der Waals surface area contributed by atoms with Crippen LogP contribution in [0.5, 0.6) is 0 Å². The molecule has 0 saturated heterocycles. The summed E-state index contributed by atoms with van der Waals surface area (Å²) in [5.41, 5.74) is 1.02. The van der Waals surface area contributed by atoms with Gasteiger partial charge in [0, 0.05) is 31.0 Å².